The van der Waals surface area contributed by atoms with Crippen LogP contribution >= 0.6 is 0 Å². The van der Waals surface area contributed by atoms with Crippen molar-refractivity contribution in [1.82, 2.24) is 4.98 Å². The molecule has 3 aromatic rings. The third-order valence-corrected chi connectivity index (χ3v) is 3.26. The Morgan fingerprint density at radius 1 is 1.10 bits per heavy atom. The summed E-state index contributed by atoms with van der Waals surface area (Å²) < 4.78 is 18.9. The van der Waals surface area contributed by atoms with Crippen LogP contribution in [-0.4, -0.2) is 4.98 Å². The standard InChI is InChI=1S/C17H14FNO/c1-12-10-14(6-7-16(12)18)20-11-13-8-9-19-17-5-3-2-4-15(13)17/h2-10H,11H2,1H3. The fraction of sp³-hybridized carbons (Fsp3) is 0.118. The first kappa shape index (κ1) is 12.6. The van der Waals surface area contributed by atoms with Crippen LogP contribution in [0.1, 0.15) is 11.1 Å². The molecule has 0 radical (unpaired) electrons. The lowest BCUT2D eigenvalue weighted by atomic mass is 10.1. The van der Waals surface area contributed by atoms with Crippen molar-refractivity contribution < 1.29 is 9.13 Å². The van der Waals surface area contributed by atoms with Gasteiger partial charge in [-0.2, -0.15) is 0 Å². The van der Waals surface area contributed by atoms with Crippen molar-refractivity contribution in [2.45, 2.75) is 13.5 Å². The van der Waals surface area contributed by atoms with E-state index in [0.717, 1.165) is 16.5 Å². The van der Waals surface area contributed by atoms with Crippen LogP contribution in [0.2, 0.25) is 0 Å². The number of benzene rings is 2. The molecule has 0 saturated heterocycles. The first-order valence-corrected chi connectivity index (χ1v) is 6.45. The number of hydrogen-bond acceptors (Lipinski definition) is 2. The minimum Gasteiger partial charge on any atom is -0.489 e. The first-order valence-electron chi connectivity index (χ1n) is 6.45. The SMILES string of the molecule is Cc1cc(OCc2ccnc3ccccc23)ccc1F. The Labute approximate surface area is 116 Å². The zero-order valence-corrected chi connectivity index (χ0v) is 11.1. The van der Waals surface area contributed by atoms with E-state index in [1.165, 1.54) is 6.07 Å². The molecule has 0 N–H and O–H groups in total. The van der Waals surface area contributed by atoms with Gasteiger partial charge in [-0.1, -0.05) is 18.2 Å². The van der Waals surface area contributed by atoms with Crippen molar-refractivity contribution in [1.29, 1.82) is 0 Å². The van der Waals surface area contributed by atoms with Gasteiger partial charge >= 0.3 is 0 Å². The number of pyridine rings is 1. The number of para-hydroxylation sites is 1. The van der Waals surface area contributed by atoms with Crippen molar-refractivity contribution in [2.75, 3.05) is 0 Å². The Kier molecular flexibility index (Phi) is 3.33. The summed E-state index contributed by atoms with van der Waals surface area (Å²) in [6.45, 7) is 2.16. The molecule has 3 heteroatoms. The van der Waals surface area contributed by atoms with E-state index < -0.39 is 0 Å². The van der Waals surface area contributed by atoms with Crippen molar-refractivity contribution in [3.05, 3.63) is 71.7 Å². The highest BCUT2D eigenvalue weighted by molar-refractivity contribution is 5.81. The second-order valence-electron chi connectivity index (χ2n) is 4.69. The van der Waals surface area contributed by atoms with Crippen LogP contribution in [0.4, 0.5) is 4.39 Å². The average Bonchev–Trinajstić information content (AvgIpc) is 2.48. The lowest BCUT2D eigenvalue weighted by Crippen LogP contribution is -1.98. The highest BCUT2D eigenvalue weighted by Gasteiger charge is 2.04. The van der Waals surface area contributed by atoms with E-state index in [0.29, 0.717) is 17.9 Å². The molecule has 2 nitrogen and oxygen atoms in total. The predicted octanol–water partition coefficient (Wildman–Crippen LogP) is 4.26. The number of aromatic nitrogens is 1. The van der Waals surface area contributed by atoms with Crippen LogP contribution in [0.15, 0.2) is 54.7 Å². The number of fused-ring (bicyclic) bond motifs is 1. The summed E-state index contributed by atoms with van der Waals surface area (Å²) in [5.74, 6) is 0.455. The lowest BCUT2D eigenvalue weighted by Gasteiger charge is -2.09. The number of hydrogen-bond donors (Lipinski definition) is 0. The minimum atomic E-state index is -0.216. The Balaban J connectivity index is 1.85. The molecule has 2 aromatic carbocycles. The Morgan fingerprint density at radius 2 is 1.95 bits per heavy atom. The molecule has 0 unspecified atom stereocenters. The van der Waals surface area contributed by atoms with E-state index >= 15 is 0 Å². The summed E-state index contributed by atoms with van der Waals surface area (Å²) in [4.78, 5) is 4.32. The fourth-order valence-corrected chi connectivity index (χ4v) is 2.15. The molecular formula is C17H14FNO. The van der Waals surface area contributed by atoms with Crippen LogP contribution in [0.25, 0.3) is 10.9 Å². The summed E-state index contributed by atoms with van der Waals surface area (Å²) >= 11 is 0. The third-order valence-electron chi connectivity index (χ3n) is 3.26. The van der Waals surface area contributed by atoms with Crippen molar-refractivity contribution in [3.8, 4) is 5.75 Å². The molecule has 0 atom stereocenters. The molecule has 0 aliphatic heterocycles. The number of nitrogens with zero attached hydrogens (tertiary/aromatic N) is 1. The second-order valence-corrected chi connectivity index (χ2v) is 4.69. The largest absolute Gasteiger partial charge is 0.489 e. The predicted molar refractivity (Wildman–Crippen MR) is 77.2 cm³/mol. The lowest BCUT2D eigenvalue weighted by molar-refractivity contribution is 0.307. The van der Waals surface area contributed by atoms with Gasteiger partial charge in [0, 0.05) is 17.1 Å². The maximum atomic E-state index is 13.2. The number of ether oxygens (including phenoxy) is 1. The number of rotatable bonds is 3. The van der Waals surface area contributed by atoms with Gasteiger partial charge in [-0.05, 0) is 42.8 Å². The monoisotopic (exact) mass is 267 g/mol. The molecule has 3 rings (SSSR count). The summed E-state index contributed by atoms with van der Waals surface area (Å²) in [6.07, 6.45) is 1.77. The van der Waals surface area contributed by atoms with Gasteiger partial charge in [0.2, 0.25) is 0 Å². The van der Waals surface area contributed by atoms with E-state index in [-0.39, 0.29) is 5.82 Å². The van der Waals surface area contributed by atoms with Gasteiger partial charge in [-0.25, -0.2) is 4.39 Å². The quantitative estimate of drug-likeness (QED) is 0.707. The second kappa shape index (κ2) is 5.29. The number of halogens is 1. The van der Waals surface area contributed by atoms with E-state index in [9.17, 15) is 4.39 Å². The molecule has 1 aromatic heterocycles. The van der Waals surface area contributed by atoms with E-state index in [1.54, 1.807) is 25.3 Å². The first-order chi connectivity index (χ1) is 9.74. The van der Waals surface area contributed by atoms with Gasteiger partial charge in [-0.15, -0.1) is 0 Å². The van der Waals surface area contributed by atoms with Gasteiger partial charge in [-0.3, -0.25) is 4.98 Å². The average molecular weight is 267 g/mol. The molecular weight excluding hydrogens is 253 g/mol. The topological polar surface area (TPSA) is 22.1 Å². The summed E-state index contributed by atoms with van der Waals surface area (Å²) in [7, 11) is 0. The van der Waals surface area contributed by atoms with Crippen LogP contribution in [0.3, 0.4) is 0 Å². The Hall–Kier alpha value is -2.42. The van der Waals surface area contributed by atoms with Gasteiger partial charge in [0.05, 0.1) is 5.52 Å². The zero-order valence-electron chi connectivity index (χ0n) is 11.1. The van der Waals surface area contributed by atoms with E-state index in [4.69, 9.17) is 4.74 Å². The van der Waals surface area contributed by atoms with E-state index in [1.807, 2.05) is 30.3 Å². The fourth-order valence-electron chi connectivity index (χ4n) is 2.15. The Morgan fingerprint density at radius 3 is 2.80 bits per heavy atom. The Bertz CT molecular complexity index is 750. The molecule has 0 fully saturated rings. The van der Waals surface area contributed by atoms with Crippen LogP contribution in [0, 0.1) is 12.7 Å². The molecule has 0 bridgehead atoms. The molecule has 1 heterocycles. The van der Waals surface area contributed by atoms with Gasteiger partial charge in [0.25, 0.3) is 0 Å². The maximum absolute atomic E-state index is 13.2. The van der Waals surface area contributed by atoms with Gasteiger partial charge < -0.3 is 4.74 Å². The minimum absolute atomic E-state index is 0.216. The summed E-state index contributed by atoms with van der Waals surface area (Å²) in [6, 6.07) is 14.7. The molecule has 100 valence electrons. The normalized spacial score (nSPS) is 10.7. The molecule has 20 heavy (non-hydrogen) atoms. The van der Waals surface area contributed by atoms with Gasteiger partial charge in [0.15, 0.2) is 0 Å². The van der Waals surface area contributed by atoms with Crippen LogP contribution in [-0.2, 0) is 6.61 Å². The van der Waals surface area contributed by atoms with E-state index in [2.05, 4.69) is 4.98 Å². The van der Waals surface area contributed by atoms with Crippen molar-refractivity contribution in [2.24, 2.45) is 0 Å². The maximum Gasteiger partial charge on any atom is 0.126 e. The smallest absolute Gasteiger partial charge is 0.126 e. The third kappa shape index (κ3) is 2.48. The molecule has 0 aliphatic carbocycles. The van der Waals surface area contributed by atoms with Crippen LogP contribution in [0.5, 0.6) is 5.75 Å². The zero-order chi connectivity index (χ0) is 13.9. The molecule has 0 saturated carbocycles. The van der Waals surface area contributed by atoms with Crippen molar-refractivity contribution in [3.63, 3.8) is 0 Å². The molecule has 0 spiro atoms. The number of aryl methyl sites for hydroxylation is 1. The highest BCUT2D eigenvalue weighted by Crippen LogP contribution is 2.20. The van der Waals surface area contributed by atoms with Crippen molar-refractivity contribution >= 4 is 10.9 Å². The van der Waals surface area contributed by atoms with Crippen LogP contribution < -0.4 is 4.74 Å². The van der Waals surface area contributed by atoms with Gasteiger partial charge in [0.1, 0.15) is 18.2 Å². The molecule has 0 amide bonds. The molecule has 0 aliphatic rings. The summed E-state index contributed by atoms with van der Waals surface area (Å²) in [5, 5.41) is 1.08. The highest BCUT2D eigenvalue weighted by atomic mass is 19.1. The summed E-state index contributed by atoms with van der Waals surface area (Å²) in [5.41, 5.74) is 2.60.